The van der Waals surface area contributed by atoms with Crippen LogP contribution in [0.5, 0.6) is 0 Å². The maximum Gasteiger partial charge on any atom is 0.416 e. The minimum Gasteiger partial charge on any atom is -0.324 e. The lowest BCUT2D eigenvalue weighted by Gasteiger charge is -2.29. The summed E-state index contributed by atoms with van der Waals surface area (Å²) in [7, 11) is 0. The summed E-state index contributed by atoms with van der Waals surface area (Å²) in [5.41, 5.74) is -0.801. The molecule has 0 radical (unpaired) electrons. The van der Waals surface area contributed by atoms with E-state index in [-0.39, 0.29) is 17.3 Å². The number of rotatable bonds is 5. The van der Waals surface area contributed by atoms with Crippen LogP contribution in [0.25, 0.3) is 0 Å². The molecule has 216 valence electrons. The van der Waals surface area contributed by atoms with Crippen LogP contribution in [0.15, 0.2) is 69.8 Å². The quantitative estimate of drug-likeness (QED) is 0.238. The molecule has 2 aromatic heterocycles. The highest BCUT2D eigenvalue weighted by Crippen LogP contribution is 2.54. The lowest BCUT2D eigenvalue weighted by molar-refractivity contribution is -0.137. The Kier molecular flexibility index (Phi) is 7.50. The normalized spacial score (nSPS) is 20.0. The number of thiophene rings is 1. The van der Waals surface area contributed by atoms with Gasteiger partial charge in [0.05, 0.1) is 32.2 Å². The molecule has 7 nitrogen and oxygen atoms in total. The van der Waals surface area contributed by atoms with Crippen molar-refractivity contribution in [2.45, 2.75) is 28.9 Å². The van der Waals surface area contributed by atoms with E-state index in [9.17, 15) is 32.3 Å². The van der Waals surface area contributed by atoms with Gasteiger partial charge in [0.1, 0.15) is 11.8 Å². The Morgan fingerprint density at radius 2 is 1.76 bits per heavy atom. The number of alkyl halides is 3. The smallest absolute Gasteiger partial charge is 0.324 e. The molecule has 4 heterocycles. The molecule has 42 heavy (non-hydrogen) atoms. The van der Waals surface area contributed by atoms with E-state index in [1.165, 1.54) is 34.1 Å². The minimum absolute atomic E-state index is 0.179. The Morgan fingerprint density at radius 1 is 0.976 bits per heavy atom. The summed E-state index contributed by atoms with van der Waals surface area (Å²) < 4.78 is 41.5. The number of thioether (sulfide) groups is 1. The summed E-state index contributed by atoms with van der Waals surface area (Å²) in [6, 6.07) is 12.1. The number of hydrogen-bond acceptors (Lipinski definition) is 7. The number of fused-ring (bicyclic) bond motifs is 2. The number of halogens is 5. The number of carbonyl (C=O) groups excluding carboxylic acids is 3. The maximum atomic E-state index is 13.8. The van der Waals surface area contributed by atoms with E-state index in [1.807, 2.05) is 0 Å². The second-order valence-electron chi connectivity index (χ2n) is 9.42. The highest BCUT2D eigenvalue weighted by Gasteiger charge is 2.57. The van der Waals surface area contributed by atoms with Crippen molar-refractivity contribution in [1.29, 1.82) is 0 Å². The van der Waals surface area contributed by atoms with E-state index in [2.05, 4.69) is 5.32 Å². The molecule has 3 atom stereocenters. The van der Waals surface area contributed by atoms with Crippen molar-refractivity contribution in [3.8, 4) is 0 Å². The number of benzene rings is 2. The van der Waals surface area contributed by atoms with Gasteiger partial charge in [-0.3, -0.25) is 23.7 Å². The van der Waals surface area contributed by atoms with E-state index in [1.54, 1.807) is 23.6 Å². The molecular formula is C27H16Cl2F3N3O4S3. The fourth-order valence-corrected chi connectivity index (χ4v) is 9.04. The standard InChI is InChI=1S/C27H16Cl2F3N3O4S3/c28-15-7-6-13(10-16(15)29)33-18(36)11-34-25-22(42-26(34)39)19(17-5-2-8-40-17)20-21(41-25)24(38)35(23(20)37)14-4-1-3-12(9-14)27(30,31)32/h1-10,19-21H,11H2,(H,33,36). The lowest BCUT2D eigenvalue weighted by Crippen LogP contribution is -2.32. The van der Waals surface area contributed by atoms with Crippen molar-refractivity contribution < 1.29 is 27.6 Å². The van der Waals surface area contributed by atoms with Crippen LogP contribution in [-0.4, -0.2) is 27.5 Å². The number of anilines is 2. The van der Waals surface area contributed by atoms with Gasteiger partial charge in [-0.1, -0.05) is 58.4 Å². The molecule has 15 heteroatoms. The number of nitrogens with one attached hydrogen (secondary N) is 1. The molecule has 0 aliphatic carbocycles. The number of amides is 3. The highest BCUT2D eigenvalue weighted by molar-refractivity contribution is 8.00. The van der Waals surface area contributed by atoms with Crippen LogP contribution in [0, 0.1) is 5.92 Å². The average molecular weight is 671 g/mol. The fraction of sp³-hybridized carbons (Fsp3) is 0.185. The van der Waals surface area contributed by atoms with Gasteiger partial charge in [0.15, 0.2) is 0 Å². The molecule has 1 N–H and O–H groups in total. The topological polar surface area (TPSA) is 88.5 Å². The van der Waals surface area contributed by atoms with Gasteiger partial charge in [0.25, 0.3) is 0 Å². The van der Waals surface area contributed by atoms with E-state index in [0.717, 1.165) is 46.2 Å². The highest BCUT2D eigenvalue weighted by atomic mass is 35.5. The minimum atomic E-state index is -4.67. The fourth-order valence-electron chi connectivity index (χ4n) is 5.02. The Morgan fingerprint density at radius 3 is 2.45 bits per heavy atom. The van der Waals surface area contributed by atoms with Gasteiger partial charge in [0.2, 0.25) is 17.7 Å². The zero-order valence-corrected chi connectivity index (χ0v) is 24.8. The van der Waals surface area contributed by atoms with Crippen molar-refractivity contribution in [2.24, 2.45) is 5.92 Å². The molecule has 2 aliphatic rings. The average Bonchev–Trinajstić information content (AvgIpc) is 3.63. The second kappa shape index (κ2) is 10.9. The summed E-state index contributed by atoms with van der Waals surface area (Å²) in [6.07, 6.45) is -4.67. The molecule has 2 aliphatic heterocycles. The monoisotopic (exact) mass is 669 g/mol. The molecule has 2 aromatic carbocycles. The number of imide groups is 1. The summed E-state index contributed by atoms with van der Waals surface area (Å²) in [4.78, 5) is 55.2. The van der Waals surface area contributed by atoms with E-state index in [4.69, 9.17) is 23.2 Å². The van der Waals surface area contributed by atoms with Crippen LogP contribution in [0.3, 0.4) is 0 Å². The molecule has 0 saturated carbocycles. The number of nitrogens with zero attached hydrogens (tertiary/aromatic N) is 2. The maximum absolute atomic E-state index is 13.8. The van der Waals surface area contributed by atoms with Crippen LogP contribution in [0.2, 0.25) is 10.0 Å². The van der Waals surface area contributed by atoms with E-state index >= 15 is 0 Å². The first-order valence-corrected chi connectivity index (χ1v) is 15.5. The molecular weight excluding hydrogens is 654 g/mol. The third-order valence-electron chi connectivity index (χ3n) is 6.84. The molecule has 0 spiro atoms. The third-order valence-corrected chi connectivity index (χ3v) is 11.1. The largest absolute Gasteiger partial charge is 0.416 e. The SMILES string of the molecule is O=C(Cn1c2c(sc1=O)C(c1cccs1)C1C(=O)N(c3cccc(C(F)(F)F)c3)C(=O)C1S2)Nc1ccc(Cl)c(Cl)c1. The van der Waals surface area contributed by atoms with Gasteiger partial charge < -0.3 is 5.32 Å². The molecule has 3 amide bonds. The lowest BCUT2D eigenvalue weighted by atomic mass is 9.87. The summed E-state index contributed by atoms with van der Waals surface area (Å²) >= 11 is 15.1. The Balaban J connectivity index is 1.37. The van der Waals surface area contributed by atoms with Crippen molar-refractivity contribution in [1.82, 2.24) is 4.57 Å². The molecule has 4 aromatic rings. The zero-order chi connectivity index (χ0) is 29.9. The predicted molar refractivity (Wildman–Crippen MR) is 157 cm³/mol. The first-order chi connectivity index (χ1) is 19.9. The van der Waals surface area contributed by atoms with Crippen LogP contribution in [-0.2, 0) is 27.1 Å². The van der Waals surface area contributed by atoms with Crippen molar-refractivity contribution in [3.63, 3.8) is 0 Å². The van der Waals surface area contributed by atoms with Crippen LogP contribution < -0.4 is 15.1 Å². The Labute approximate surface area is 257 Å². The van der Waals surface area contributed by atoms with Crippen LogP contribution in [0.1, 0.15) is 21.2 Å². The first kappa shape index (κ1) is 29.0. The number of hydrogen-bond donors (Lipinski definition) is 1. The Bertz CT molecular complexity index is 1810. The second-order valence-corrected chi connectivity index (χ2v) is 13.3. The van der Waals surface area contributed by atoms with Crippen LogP contribution >= 0.6 is 57.6 Å². The van der Waals surface area contributed by atoms with Crippen molar-refractivity contribution in [2.75, 3.05) is 10.2 Å². The van der Waals surface area contributed by atoms with Gasteiger partial charge in [0, 0.05) is 21.4 Å². The van der Waals surface area contributed by atoms with E-state index < -0.39 is 51.4 Å². The van der Waals surface area contributed by atoms with Gasteiger partial charge in [-0.2, -0.15) is 13.2 Å². The van der Waals surface area contributed by atoms with E-state index in [0.29, 0.717) is 25.5 Å². The number of thiazole rings is 1. The van der Waals surface area contributed by atoms with Gasteiger partial charge in [-0.15, -0.1) is 11.3 Å². The Hall–Kier alpha value is -3.10. The molecule has 1 fully saturated rings. The molecule has 0 bridgehead atoms. The van der Waals surface area contributed by atoms with Gasteiger partial charge in [-0.25, -0.2) is 4.90 Å². The third kappa shape index (κ3) is 5.06. The number of carbonyl (C=O) groups is 3. The zero-order valence-electron chi connectivity index (χ0n) is 20.9. The summed E-state index contributed by atoms with van der Waals surface area (Å²) in [6.45, 7) is -0.383. The number of aromatic nitrogens is 1. The predicted octanol–water partition coefficient (Wildman–Crippen LogP) is 6.73. The summed E-state index contributed by atoms with van der Waals surface area (Å²) in [5.74, 6) is -3.53. The van der Waals surface area contributed by atoms with Gasteiger partial charge in [-0.05, 0) is 47.8 Å². The molecule has 1 saturated heterocycles. The molecule has 6 rings (SSSR count). The summed E-state index contributed by atoms with van der Waals surface area (Å²) in [5, 5.41) is 4.33. The van der Waals surface area contributed by atoms with Crippen LogP contribution in [0.4, 0.5) is 24.5 Å². The van der Waals surface area contributed by atoms with Gasteiger partial charge >= 0.3 is 11.0 Å². The molecule has 3 unspecified atom stereocenters. The van der Waals surface area contributed by atoms with Crippen molar-refractivity contribution in [3.05, 3.63) is 95.0 Å². The van der Waals surface area contributed by atoms with Crippen molar-refractivity contribution >= 4 is 86.7 Å². The first-order valence-electron chi connectivity index (χ1n) is 12.2.